The lowest BCUT2D eigenvalue weighted by molar-refractivity contribution is 0.0997. The van der Waals surface area contributed by atoms with Gasteiger partial charge in [0.25, 0.3) is 5.91 Å². The minimum atomic E-state index is -3.93. The van der Waals surface area contributed by atoms with Crippen LogP contribution in [0.25, 0.3) is 10.2 Å². The highest BCUT2D eigenvalue weighted by molar-refractivity contribution is 7.89. The number of fused-ring (bicyclic) bond motifs is 1. The van der Waals surface area contributed by atoms with Gasteiger partial charge >= 0.3 is 0 Å². The lowest BCUT2D eigenvalue weighted by Crippen LogP contribution is -2.32. The van der Waals surface area contributed by atoms with Crippen molar-refractivity contribution in [2.24, 2.45) is 4.99 Å². The average molecular weight is 546 g/mol. The maximum atomic E-state index is 13.0. The maximum Gasteiger partial charge on any atom is 0.279 e. The van der Waals surface area contributed by atoms with Crippen LogP contribution in [-0.4, -0.2) is 50.0 Å². The Bertz CT molecular complexity index is 1500. The highest BCUT2D eigenvalue weighted by Crippen LogP contribution is 2.27. The molecule has 1 heterocycles. The molecule has 0 bridgehead atoms. The molecule has 2 aromatic carbocycles. The summed E-state index contributed by atoms with van der Waals surface area (Å²) in [6.45, 7) is 2.75. The normalized spacial score (nSPS) is 12.1. The number of hydrogen-bond acceptors (Lipinski definition) is 7. The molecule has 0 saturated heterocycles. The van der Waals surface area contributed by atoms with Crippen LogP contribution in [0.2, 0.25) is 5.02 Å². The van der Waals surface area contributed by atoms with Crippen molar-refractivity contribution in [3.05, 3.63) is 57.3 Å². The minimum Gasteiger partial charge on any atom is -0.383 e. The third kappa shape index (κ3) is 6.01. The number of thiazole rings is 1. The van der Waals surface area contributed by atoms with Crippen LogP contribution in [0.5, 0.6) is 0 Å². The summed E-state index contributed by atoms with van der Waals surface area (Å²) < 4.78 is 35.1. The summed E-state index contributed by atoms with van der Waals surface area (Å²) in [5, 5.41) is 18.3. The molecule has 0 fully saturated rings. The molecule has 0 atom stereocenters. The standard InChI is InChI=1S/C24H24ClN5O4S2/c1-17-20(25)9-10-21-22(17)30(15-16-34-2)24(35-21)28-23(31)18-5-7-19(8-6-18)36(32,33)29(13-3-11-26)14-4-12-27/h5-10H,3-4,13-16H2,1-2H3. The van der Waals surface area contributed by atoms with Gasteiger partial charge in [-0.15, -0.1) is 0 Å². The molecule has 0 aliphatic carbocycles. The molecule has 188 valence electrons. The van der Waals surface area contributed by atoms with Gasteiger partial charge in [-0.05, 0) is 48.9 Å². The fraction of sp³-hybridized carbons (Fsp3) is 0.333. The van der Waals surface area contributed by atoms with Crippen LogP contribution in [-0.2, 0) is 21.3 Å². The first-order valence-corrected chi connectivity index (χ1v) is 13.6. The predicted octanol–water partition coefficient (Wildman–Crippen LogP) is 3.87. The van der Waals surface area contributed by atoms with E-state index in [-0.39, 0.29) is 36.4 Å². The number of rotatable bonds is 10. The molecule has 3 aromatic rings. The van der Waals surface area contributed by atoms with Gasteiger partial charge in [0.15, 0.2) is 4.80 Å². The van der Waals surface area contributed by atoms with E-state index in [0.717, 1.165) is 20.1 Å². The maximum absolute atomic E-state index is 13.0. The summed E-state index contributed by atoms with van der Waals surface area (Å²) in [5.41, 5.74) is 1.98. The fourth-order valence-electron chi connectivity index (χ4n) is 3.56. The van der Waals surface area contributed by atoms with E-state index in [0.29, 0.717) is 23.0 Å². The number of sulfonamides is 1. The molecule has 36 heavy (non-hydrogen) atoms. The molecular formula is C24H24ClN5O4S2. The van der Waals surface area contributed by atoms with Crippen LogP contribution in [0.1, 0.15) is 28.8 Å². The molecule has 0 unspecified atom stereocenters. The summed E-state index contributed by atoms with van der Waals surface area (Å²) in [5.74, 6) is -0.522. The van der Waals surface area contributed by atoms with E-state index in [9.17, 15) is 13.2 Å². The largest absolute Gasteiger partial charge is 0.383 e. The number of carbonyl (C=O) groups is 1. The Hall–Kier alpha value is -3.06. The van der Waals surface area contributed by atoms with Gasteiger partial charge in [-0.3, -0.25) is 4.79 Å². The van der Waals surface area contributed by atoms with Crippen LogP contribution >= 0.6 is 22.9 Å². The topological polar surface area (TPSA) is 129 Å². The van der Waals surface area contributed by atoms with Gasteiger partial charge in [0, 0.05) is 50.2 Å². The lowest BCUT2D eigenvalue weighted by atomic mass is 10.2. The highest BCUT2D eigenvalue weighted by Gasteiger charge is 2.24. The third-order valence-corrected chi connectivity index (χ3v) is 8.80. The molecule has 0 N–H and O–H groups in total. The van der Waals surface area contributed by atoms with Gasteiger partial charge in [0.1, 0.15) is 0 Å². The molecule has 12 heteroatoms. The van der Waals surface area contributed by atoms with E-state index in [1.807, 2.05) is 29.7 Å². The summed E-state index contributed by atoms with van der Waals surface area (Å²) >= 11 is 7.67. The second-order valence-corrected chi connectivity index (χ2v) is 11.1. The monoisotopic (exact) mass is 545 g/mol. The van der Waals surface area contributed by atoms with Crippen molar-refractivity contribution < 1.29 is 17.9 Å². The SMILES string of the molecule is COCCn1c(=NC(=O)c2ccc(S(=O)(=O)N(CCC#N)CCC#N)cc2)sc2ccc(Cl)c(C)c21. The molecule has 0 spiro atoms. The van der Waals surface area contributed by atoms with Crippen molar-refractivity contribution in [1.82, 2.24) is 8.87 Å². The predicted molar refractivity (Wildman–Crippen MR) is 137 cm³/mol. The molecule has 1 aromatic heterocycles. The number of nitriles is 2. The van der Waals surface area contributed by atoms with E-state index in [1.54, 1.807) is 13.2 Å². The van der Waals surface area contributed by atoms with Crippen molar-refractivity contribution in [3.8, 4) is 12.1 Å². The number of nitrogens with zero attached hydrogens (tertiary/aromatic N) is 5. The number of carbonyl (C=O) groups excluding carboxylic acids is 1. The second kappa shape index (κ2) is 12.3. The molecule has 3 rings (SSSR count). The number of hydrogen-bond donors (Lipinski definition) is 0. The van der Waals surface area contributed by atoms with E-state index >= 15 is 0 Å². The van der Waals surface area contributed by atoms with Gasteiger partial charge in [-0.1, -0.05) is 22.9 Å². The van der Waals surface area contributed by atoms with Crippen LogP contribution in [0, 0.1) is 29.6 Å². The molecule has 0 saturated carbocycles. The van der Waals surface area contributed by atoms with Crippen LogP contribution in [0.3, 0.4) is 0 Å². The zero-order valence-electron chi connectivity index (χ0n) is 19.8. The van der Waals surface area contributed by atoms with Gasteiger partial charge < -0.3 is 9.30 Å². The first-order chi connectivity index (χ1) is 17.2. The van der Waals surface area contributed by atoms with Gasteiger partial charge in [-0.2, -0.15) is 19.8 Å². The first kappa shape index (κ1) is 27.5. The van der Waals surface area contributed by atoms with Crippen LogP contribution < -0.4 is 4.80 Å². The number of aromatic nitrogens is 1. The number of halogens is 1. The highest BCUT2D eigenvalue weighted by atomic mass is 35.5. The molecule has 0 radical (unpaired) electrons. The number of methoxy groups -OCH3 is 1. The Morgan fingerprint density at radius 3 is 2.36 bits per heavy atom. The zero-order valence-corrected chi connectivity index (χ0v) is 22.2. The number of benzene rings is 2. The fourth-order valence-corrected chi connectivity index (χ4v) is 6.27. The number of aryl methyl sites for hydroxylation is 1. The lowest BCUT2D eigenvalue weighted by Gasteiger charge is -2.20. The summed E-state index contributed by atoms with van der Waals surface area (Å²) in [7, 11) is -2.34. The van der Waals surface area contributed by atoms with Crippen molar-refractivity contribution >= 4 is 49.1 Å². The van der Waals surface area contributed by atoms with Gasteiger partial charge in [-0.25, -0.2) is 8.42 Å². The third-order valence-electron chi connectivity index (χ3n) is 5.43. The Labute approximate surface area is 218 Å². The molecule has 9 nitrogen and oxygen atoms in total. The van der Waals surface area contributed by atoms with Crippen LogP contribution in [0.15, 0.2) is 46.3 Å². The molecule has 0 aliphatic heterocycles. The van der Waals surface area contributed by atoms with E-state index in [1.165, 1.54) is 35.6 Å². The number of ether oxygens (including phenoxy) is 1. The number of amides is 1. The van der Waals surface area contributed by atoms with Crippen molar-refractivity contribution in [1.29, 1.82) is 10.5 Å². The Kier molecular flexibility index (Phi) is 9.37. The van der Waals surface area contributed by atoms with E-state index < -0.39 is 15.9 Å². The van der Waals surface area contributed by atoms with Gasteiger partial charge in [0.05, 0.1) is 33.9 Å². The molecular weight excluding hydrogens is 522 g/mol. The van der Waals surface area contributed by atoms with Gasteiger partial charge in [0.2, 0.25) is 10.0 Å². The Morgan fingerprint density at radius 1 is 1.14 bits per heavy atom. The zero-order chi connectivity index (χ0) is 26.3. The Morgan fingerprint density at radius 2 is 1.78 bits per heavy atom. The average Bonchev–Trinajstić information content (AvgIpc) is 3.22. The first-order valence-electron chi connectivity index (χ1n) is 10.9. The molecule has 1 amide bonds. The Balaban J connectivity index is 1.96. The van der Waals surface area contributed by atoms with Crippen molar-refractivity contribution in [3.63, 3.8) is 0 Å². The quantitative estimate of drug-likeness (QED) is 0.380. The minimum absolute atomic E-state index is 0.00301. The van der Waals surface area contributed by atoms with Crippen molar-refractivity contribution in [2.45, 2.75) is 31.2 Å². The summed E-state index contributed by atoms with van der Waals surface area (Å²) in [6, 6.07) is 13.0. The summed E-state index contributed by atoms with van der Waals surface area (Å²) in [6.07, 6.45) is 0.00602. The van der Waals surface area contributed by atoms with E-state index in [2.05, 4.69) is 4.99 Å². The summed E-state index contributed by atoms with van der Waals surface area (Å²) in [4.78, 5) is 17.7. The second-order valence-electron chi connectivity index (χ2n) is 7.71. The molecule has 0 aliphatic rings. The van der Waals surface area contributed by atoms with Crippen molar-refractivity contribution in [2.75, 3.05) is 26.8 Å². The van der Waals surface area contributed by atoms with E-state index in [4.69, 9.17) is 26.9 Å². The smallest absolute Gasteiger partial charge is 0.279 e. The van der Waals surface area contributed by atoms with Crippen LogP contribution in [0.4, 0.5) is 0 Å².